The minimum atomic E-state index is -0.586. The van der Waals surface area contributed by atoms with Crippen LogP contribution < -0.4 is 10.8 Å². The first-order valence-corrected chi connectivity index (χ1v) is 7.94. The van der Waals surface area contributed by atoms with Gasteiger partial charge in [0.25, 0.3) is 5.91 Å². The van der Waals surface area contributed by atoms with Gasteiger partial charge in [0, 0.05) is 13.0 Å². The second-order valence-corrected chi connectivity index (χ2v) is 5.07. The van der Waals surface area contributed by atoms with Crippen molar-refractivity contribution in [1.82, 2.24) is 10.8 Å². The molecule has 0 aromatic carbocycles. The number of rotatable bonds is 11. The van der Waals surface area contributed by atoms with E-state index in [2.05, 4.69) is 29.5 Å². The molecular formula is C15H30N2O3. The summed E-state index contributed by atoms with van der Waals surface area (Å²) in [5.41, 5.74) is 2.17. The van der Waals surface area contributed by atoms with Crippen molar-refractivity contribution in [3.05, 3.63) is 0 Å². The van der Waals surface area contributed by atoms with Crippen LogP contribution in [0.4, 0.5) is 4.79 Å². The van der Waals surface area contributed by atoms with E-state index in [-0.39, 0.29) is 5.91 Å². The average molecular weight is 286 g/mol. The number of hydrogen-bond donors (Lipinski definition) is 2. The van der Waals surface area contributed by atoms with Crippen LogP contribution in [0, 0.1) is 0 Å². The van der Waals surface area contributed by atoms with Gasteiger partial charge in [0.1, 0.15) is 0 Å². The van der Waals surface area contributed by atoms with Crippen LogP contribution >= 0.6 is 0 Å². The van der Waals surface area contributed by atoms with Crippen molar-refractivity contribution in [2.45, 2.75) is 78.1 Å². The third-order valence-corrected chi connectivity index (χ3v) is 3.06. The molecule has 2 N–H and O–H groups in total. The highest BCUT2D eigenvalue weighted by atomic mass is 16.7. The molecule has 0 aliphatic heterocycles. The molecule has 0 bridgehead atoms. The van der Waals surface area contributed by atoms with Crippen LogP contribution in [-0.2, 0) is 9.63 Å². The number of amides is 2. The molecule has 0 aromatic heterocycles. The van der Waals surface area contributed by atoms with Gasteiger partial charge in [-0.3, -0.25) is 4.79 Å². The summed E-state index contributed by atoms with van der Waals surface area (Å²) in [7, 11) is 0. The quantitative estimate of drug-likeness (QED) is 0.449. The summed E-state index contributed by atoms with van der Waals surface area (Å²) in [6.07, 6.45) is 9.71. The molecule has 0 fully saturated rings. The molecule has 0 aromatic rings. The molecule has 0 saturated carbocycles. The highest BCUT2D eigenvalue weighted by molar-refractivity contribution is 5.77. The zero-order valence-corrected chi connectivity index (χ0v) is 13.0. The van der Waals surface area contributed by atoms with E-state index in [1.165, 1.54) is 25.7 Å². The van der Waals surface area contributed by atoms with Crippen molar-refractivity contribution < 1.29 is 14.4 Å². The highest BCUT2D eigenvalue weighted by Crippen LogP contribution is 2.06. The Bertz CT molecular complexity index is 258. The molecule has 20 heavy (non-hydrogen) atoms. The number of hydroxylamine groups is 1. The van der Waals surface area contributed by atoms with Crippen molar-refractivity contribution in [1.29, 1.82) is 0 Å². The van der Waals surface area contributed by atoms with Crippen LogP contribution in [0.2, 0.25) is 0 Å². The van der Waals surface area contributed by atoms with E-state index in [0.717, 1.165) is 32.1 Å². The van der Waals surface area contributed by atoms with E-state index in [4.69, 9.17) is 0 Å². The molecule has 0 aliphatic rings. The minimum Gasteiger partial charge on any atom is -0.322 e. The van der Waals surface area contributed by atoms with Gasteiger partial charge in [-0.1, -0.05) is 58.8 Å². The predicted molar refractivity (Wildman–Crippen MR) is 80.1 cm³/mol. The minimum absolute atomic E-state index is 0.232. The van der Waals surface area contributed by atoms with Crippen molar-refractivity contribution in [2.24, 2.45) is 0 Å². The smallest absolute Gasteiger partial charge is 0.322 e. The van der Waals surface area contributed by atoms with Gasteiger partial charge in [0.2, 0.25) is 0 Å². The molecule has 0 saturated heterocycles. The maximum Gasteiger partial charge on any atom is 0.431 e. The van der Waals surface area contributed by atoms with Crippen molar-refractivity contribution in [3.8, 4) is 0 Å². The van der Waals surface area contributed by atoms with Crippen LogP contribution in [0.3, 0.4) is 0 Å². The largest absolute Gasteiger partial charge is 0.431 e. The molecule has 2 amide bonds. The topological polar surface area (TPSA) is 67.4 Å². The fourth-order valence-electron chi connectivity index (χ4n) is 1.82. The summed E-state index contributed by atoms with van der Waals surface area (Å²) in [4.78, 5) is 27.2. The van der Waals surface area contributed by atoms with E-state index in [1.807, 2.05) is 0 Å². The van der Waals surface area contributed by atoms with Crippen LogP contribution in [-0.4, -0.2) is 18.5 Å². The summed E-state index contributed by atoms with van der Waals surface area (Å²) in [6.45, 7) is 4.86. The van der Waals surface area contributed by atoms with Gasteiger partial charge >= 0.3 is 6.09 Å². The summed E-state index contributed by atoms with van der Waals surface area (Å²) in [5, 5.41) is 2.59. The van der Waals surface area contributed by atoms with Crippen molar-refractivity contribution in [2.75, 3.05) is 6.54 Å². The predicted octanol–water partition coefficient (Wildman–Crippen LogP) is 3.68. The lowest BCUT2D eigenvalue weighted by molar-refractivity contribution is -0.129. The number of carbonyl (C=O) groups excluding carboxylic acids is 2. The van der Waals surface area contributed by atoms with E-state index in [9.17, 15) is 9.59 Å². The lowest BCUT2D eigenvalue weighted by atomic mass is 10.1. The zero-order chi connectivity index (χ0) is 15.1. The normalized spacial score (nSPS) is 10.1. The molecule has 5 nitrogen and oxygen atoms in total. The lowest BCUT2D eigenvalue weighted by Gasteiger charge is -2.07. The Morgan fingerprint density at radius 2 is 1.45 bits per heavy atom. The standard InChI is InChI=1S/C15H30N2O3/c1-3-5-7-8-9-10-12-14(18)17-20-15(19)16-13-11-6-4-2/h3-13H2,1-2H3,(H,16,19)(H,17,18). The average Bonchev–Trinajstić information content (AvgIpc) is 2.45. The maximum atomic E-state index is 11.4. The Kier molecular flexibility index (Phi) is 13.3. The first-order chi connectivity index (χ1) is 9.70. The Balaban J connectivity index is 3.36. The second-order valence-electron chi connectivity index (χ2n) is 5.07. The molecule has 0 rings (SSSR count). The third-order valence-electron chi connectivity index (χ3n) is 3.06. The van der Waals surface area contributed by atoms with Gasteiger partial charge in [-0.25, -0.2) is 4.79 Å². The Morgan fingerprint density at radius 1 is 0.850 bits per heavy atom. The molecule has 0 radical (unpaired) electrons. The number of carbonyl (C=O) groups is 2. The van der Waals surface area contributed by atoms with E-state index < -0.39 is 6.09 Å². The Labute approximate surface area is 122 Å². The molecular weight excluding hydrogens is 256 g/mol. The molecule has 118 valence electrons. The van der Waals surface area contributed by atoms with Gasteiger partial charge in [-0.05, 0) is 12.8 Å². The van der Waals surface area contributed by atoms with E-state index in [0.29, 0.717) is 13.0 Å². The second kappa shape index (κ2) is 14.2. The highest BCUT2D eigenvalue weighted by Gasteiger charge is 2.05. The Morgan fingerprint density at radius 3 is 2.15 bits per heavy atom. The third kappa shape index (κ3) is 13.2. The molecule has 0 atom stereocenters. The van der Waals surface area contributed by atoms with Gasteiger partial charge in [-0.2, -0.15) is 5.48 Å². The Hall–Kier alpha value is -1.26. The van der Waals surface area contributed by atoms with E-state index in [1.54, 1.807) is 0 Å². The zero-order valence-electron chi connectivity index (χ0n) is 13.0. The lowest BCUT2D eigenvalue weighted by Crippen LogP contribution is -2.34. The van der Waals surface area contributed by atoms with Gasteiger partial charge < -0.3 is 10.2 Å². The molecule has 0 aliphatic carbocycles. The van der Waals surface area contributed by atoms with E-state index >= 15 is 0 Å². The van der Waals surface area contributed by atoms with Crippen molar-refractivity contribution in [3.63, 3.8) is 0 Å². The summed E-state index contributed by atoms with van der Waals surface area (Å²) in [6, 6.07) is 0. The van der Waals surface area contributed by atoms with Gasteiger partial charge in [-0.15, -0.1) is 0 Å². The summed E-state index contributed by atoms with van der Waals surface area (Å²) < 4.78 is 0. The van der Waals surface area contributed by atoms with Crippen molar-refractivity contribution >= 4 is 12.0 Å². The monoisotopic (exact) mass is 286 g/mol. The SMILES string of the molecule is CCCCCCCCC(=O)NOC(=O)NCCCCC. The molecule has 0 spiro atoms. The summed E-state index contributed by atoms with van der Waals surface area (Å²) in [5.74, 6) is -0.232. The molecule has 0 heterocycles. The van der Waals surface area contributed by atoms with Crippen LogP contribution in [0.25, 0.3) is 0 Å². The fourth-order valence-corrected chi connectivity index (χ4v) is 1.82. The van der Waals surface area contributed by atoms with Crippen LogP contribution in [0.5, 0.6) is 0 Å². The first-order valence-electron chi connectivity index (χ1n) is 7.94. The van der Waals surface area contributed by atoms with Gasteiger partial charge in [0.05, 0.1) is 0 Å². The summed E-state index contributed by atoms with van der Waals surface area (Å²) >= 11 is 0. The number of hydrogen-bond acceptors (Lipinski definition) is 3. The van der Waals surface area contributed by atoms with Crippen LogP contribution in [0.15, 0.2) is 0 Å². The first kappa shape index (κ1) is 18.7. The molecule has 0 unspecified atom stereocenters. The number of nitrogens with one attached hydrogen (secondary N) is 2. The maximum absolute atomic E-state index is 11.4. The fraction of sp³-hybridized carbons (Fsp3) is 0.867. The molecule has 5 heteroatoms. The van der Waals surface area contributed by atoms with Gasteiger partial charge in [0.15, 0.2) is 0 Å². The number of unbranched alkanes of at least 4 members (excludes halogenated alkanes) is 7. The van der Waals surface area contributed by atoms with Crippen LogP contribution in [0.1, 0.15) is 78.1 Å².